The van der Waals surface area contributed by atoms with Crippen molar-refractivity contribution >= 4 is 17.6 Å². The van der Waals surface area contributed by atoms with Crippen LogP contribution in [-0.4, -0.2) is 69.3 Å². The first kappa shape index (κ1) is 24.2. The molecule has 5 rings (SSSR count). The van der Waals surface area contributed by atoms with E-state index in [1.54, 1.807) is 0 Å². The molecule has 3 N–H and O–H groups in total. The zero-order valence-corrected chi connectivity index (χ0v) is 21.1. The van der Waals surface area contributed by atoms with Gasteiger partial charge in [0.05, 0.1) is 6.10 Å². The van der Waals surface area contributed by atoms with Crippen LogP contribution in [0.4, 0.5) is 11.7 Å². The van der Waals surface area contributed by atoms with Gasteiger partial charge in [0.1, 0.15) is 6.04 Å². The van der Waals surface area contributed by atoms with E-state index in [1.165, 1.54) is 18.4 Å². The number of carbonyl (C=O) groups is 1. The molecule has 9 heteroatoms. The molecule has 9 nitrogen and oxygen atoms in total. The number of nitrogens with one attached hydrogen (secondary N) is 2. The van der Waals surface area contributed by atoms with Gasteiger partial charge >= 0.3 is 6.01 Å². The zero-order chi connectivity index (χ0) is 24.5. The molecular weight excluding hydrogens is 444 g/mol. The topological polar surface area (TPSA) is 107 Å². The van der Waals surface area contributed by atoms with Crippen molar-refractivity contribution in [3.63, 3.8) is 0 Å². The van der Waals surface area contributed by atoms with E-state index in [0.29, 0.717) is 24.2 Å². The Kier molecular flexibility index (Phi) is 7.09. The van der Waals surface area contributed by atoms with E-state index in [0.717, 1.165) is 62.4 Å². The second kappa shape index (κ2) is 10.2. The van der Waals surface area contributed by atoms with E-state index in [-0.39, 0.29) is 18.0 Å². The van der Waals surface area contributed by atoms with Crippen LogP contribution in [0.3, 0.4) is 0 Å². The largest absolute Gasteiger partial charge is 0.406 e. The molecule has 1 aromatic carbocycles. The van der Waals surface area contributed by atoms with Crippen LogP contribution < -0.4 is 10.6 Å². The first-order chi connectivity index (χ1) is 16.9. The van der Waals surface area contributed by atoms with Gasteiger partial charge in [0, 0.05) is 43.8 Å². The molecule has 2 aliphatic heterocycles. The third-order valence-corrected chi connectivity index (χ3v) is 7.89. The lowest BCUT2D eigenvalue weighted by atomic mass is 10.0. The maximum atomic E-state index is 13.0. The lowest BCUT2D eigenvalue weighted by Gasteiger charge is -2.41. The molecule has 190 valence electrons. The minimum atomic E-state index is -0.507. The van der Waals surface area contributed by atoms with Gasteiger partial charge < -0.3 is 25.1 Å². The van der Waals surface area contributed by atoms with E-state index in [2.05, 4.69) is 63.5 Å². The van der Waals surface area contributed by atoms with E-state index in [1.807, 2.05) is 0 Å². The quantitative estimate of drug-likeness (QED) is 0.577. The number of aryl methyl sites for hydroxylation is 1. The normalized spacial score (nSPS) is 25.9. The molecular formula is C26H38N6O3. The molecule has 3 atom stereocenters. The fraction of sp³-hybridized carbons (Fsp3) is 0.654. The van der Waals surface area contributed by atoms with Crippen molar-refractivity contribution in [2.45, 2.75) is 77.6 Å². The van der Waals surface area contributed by atoms with Gasteiger partial charge in [-0.1, -0.05) is 24.0 Å². The predicted octanol–water partition coefficient (Wildman–Crippen LogP) is 3.05. The molecule has 0 unspecified atom stereocenters. The molecule has 3 heterocycles. The van der Waals surface area contributed by atoms with Gasteiger partial charge in [-0.25, -0.2) is 0 Å². The molecule has 2 saturated heterocycles. The van der Waals surface area contributed by atoms with Gasteiger partial charge in [-0.15, -0.1) is 5.10 Å². The number of benzene rings is 1. The van der Waals surface area contributed by atoms with Crippen LogP contribution in [0.5, 0.6) is 0 Å². The number of hydrogen-bond donors (Lipinski definition) is 3. The number of aliphatic hydroxyl groups is 1. The monoisotopic (exact) mass is 482 g/mol. The Bertz CT molecular complexity index is 1050. The fourth-order valence-electron chi connectivity index (χ4n) is 5.85. The van der Waals surface area contributed by atoms with Gasteiger partial charge in [0.25, 0.3) is 0 Å². The molecule has 0 bridgehead atoms. The highest BCUT2D eigenvalue weighted by Gasteiger charge is 2.33. The predicted molar refractivity (Wildman–Crippen MR) is 133 cm³/mol. The second-order valence-corrected chi connectivity index (χ2v) is 10.6. The van der Waals surface area contributed by atoms with Gasteiger partial charge in [0.15, 0.2) is 0 Å². The highest BCUT2D eigenvalue weighted by molar-refractivity contribution is 5.79. The van der Waals surface area contributed by atoms with Crippen molar-refractivity contribution < 1.29 is 14.3 Å². The van der Waals surface area contributed by atoms with Crippen molar-refractivity contribution in [2.24, 2.45) is 5.92 Å². The van der Waals surface area contributed by atoms with Crippen LogP contribution in [0.25, 0.3) is 0 Å². The van der Waals surface area contributed by atoms with E-state index in [9.17, 15) is 9.90 Å². The summed E-state index contributed by atoms with van der Waals surface area (Å²) in [6.45, 7) is 10.5. The summed E-state index contributed by atoms with van der Waals surface area (Å²) in [4.78, 5) is 17.5. The first-order valence-corrected chi connectivity index (χ1v) is 13.0. The van der Waals surface area contributed by atoms with Gasteiger partial charge in [0.2, 0.25) is 11.8 Å². The van der Waals surface area contributed by atoms with Gasteiger partial charge in [-0.2, -0.15) is 0 Å². The van der Waals surface area contributed by atoms with Crippen LogP contribution in [0.2, 0.25) is 0 Å². The Labute approximate surface area is 207 Å². The van der Waals surface area contributed by atoms with Gasteiger partial charge in [-0.05, 0) is 69.3 Å². The molecule has 3 fully saturated rings. The maximum Gasteiger partial charge on any atom is 0.320 e. The molecule has 1 aliphatic carbocycles. The highest BCUT2D eigenvalue weighted by Crippen LogP contribution is 2.30. The maximum absolute atomic E-state index is 13.0. The Balaban J connectivity index is 1.24. The van der Waals surface area contributed by atoms with Gasteiger partial charge in [-0.3, -0.25) is 9.69 Å². The number of carbonyl (C=O) groups excluding carboxylic acids is 1. The number of nitrogens with zero attached hydrogens (tertiary/aromatic N) is 4. The molecule has 1 amide bonds. The summed E-state index contributed by atoms with van der Waals surface area (Å²) in [6.07, 6.45) is 4.67. The standard InChI is InChI=1S/C26H38N6O3/c1-16-12-20(15-31-10-11-32(17(2)14-31)25(34)19-6-4-5-7-19)18(3)21(13-16)28-26-30-29-24(35-26)23-22(33)8-9-27-23/h12-13,17,19,22-23,27,33H,4-11,14-15H2,1-3H3,(H,28,30)/t17-,22+,23-/m0/s1. The fourth-order valence-corrected chi connectivity index (χ4v) is 5.85. The number of anilines is 2. The van der Waals surface area contributed by atoms with Crippen molar-refractivity contribution in [3.05, 3.63) is 34.7 Å². The Hall–Kier alpha value is -2.49. The molecule has 1 aromatic heterocycles. The minimum absolute atomic E-state index is 0.232. The molecule has 0 spiro atoms. The van der Waals surface area contributed by atoms with Crippen molar-refractivity contribution in [3.8, 4) is 0 Å². The van der Waals surface area contributed by atoms with Crippen LogP contribution >= 0.6 is 0 Å². The summed E-state index contributed by atoms with van der Waals surface area (Å²) < 4.78 is 5.81. The van der Waals surface area contributed by atoms with Crippen molar-refractivity contribution in [1.82, 2.24) is 25.3 Å². The van der Waals surface area contributed by atoms with Crippen molar-refractivity contribution in [2.75, 3.05) is 31.5 Å². The molecule has 1 saturated carbocycles. The number of amides is 1. The smallest absolute Gasteiger partial charge is 0.320 e. The van der Waals surface area contributed by atoms with Crippen LogP contribution in [0, 0.1) is 19.8 Å². The summed E-state index contributed by atoms with van der Waals surface area (Å²) in [5, 5.41) is 24.9. The van der Waals surface area contributed by atoms with Crippen LogP contribution in [-0.2, 0) is 11.3 Å². The van der Waals surface area contributed by atoms with E-state index >= 15 is 0 Å². The lowest BCUT2D eigenvalue weighted by Crippen LogP contribution is -2.54. The zero-order valence-electron chi connectivity index (χ0n) is 21.1. The summed E-state index contributed by atoms with van der Waals surface area (Å²) in [7, 11) is 0. The molecule has 0 radical (unpaired) electrons. The Morgan fingerprint density at radius 1 is 1.20 bits per heavy atom. The number of hydrogen-bond acceptors (Lipinski definition) is 8. The van der Waals surface area contributed by atoms with Crippen molar-refractivity contribution in [1.29, 1.82) is 0 Å². The number of piperazine rings is 1. The lowest BCUT2D eigenvalue weighted by molar-refractivity contribution is -0.140. The Morgan fingerprint density at radius 2 is 2.00 bits per heavy atom. The molecule has 35 heavy (non-hydrogen) atoms. The minimum Gasteiger partial charge on any atom is -0.406 e. The SMILES string of the molecule is Cc1cc(CN2CCN(C(=O)C3CCCC3)[C@@H](C)C2)c(C)c(Nc2nnc([C@H]3NCC[C@H]3O)o2)c1. The second-order valence-electron chi connectivity index (χ2n) is 10.6. The summed E-state index contributed by atoms with van der Waals surface area (Å²) >= 11 is 0. The number of rotatable bonds is 6. The average Bonchev–Trinajstić information content (AvgIpc) is 3.59. The third-order valence-electron chi connectivity index (χ3n) is 7.89. The summed E-state index contributed by atoms with van der Waals surface area (Å²) in [5.74, 6) is 1.02. The summed E-state index contributed by atoms with van der Waals surface area (Å²) in [6, 6.07) is 4.57. The third kappa shape index (κ3) is 5.22. The van der Waals surface area contributed by atoms with Crippen LogP contribution in [0.15, 0.2) is 16.5 Å². The molecule has 2 aromatic rings. The number of aromatic nitrogens is 2. The van der Waals surface area contributed by atoms with Crippen LogP contribution in [0.1, 0.15) is 67.7 Å². The summed E-state index contributed by atoms with van der Waals surface area (Å²) in [5.41, 5.74) is 4.50. The first-order valence-electron chi connectivity index (χ1n) is 13.0. The van der Waals surface area contributed by atoms with E-state index in [4.69, 9.17) is 4.42 Å². The number of aliphatic hydroxyl groups excluding tert-OH is 1. The highest BCUT2D eigenvalue weighted by atomic mass is 16.4. The Morgan fingerprint density at radius 3 is 2.71 bits per heavy atom. The molecule has 3 aliphatic rings. The van der Waals surface area contributed by atoms with E-state index < -0.39 is 6.10 Å². The average molecular weight is 483 g/mol.